The summed E-state index contributed by atoms with van der Waals surface area (Å²) in [5.41, 5.74) is 9.53. The van der Waals surface area contributed by atoms with Crippen LogP contribution < -0.4 is 19.9 Å². The van der Waals surface area contributed by atoms with E-state index in [0.29, 0.717) is 19.9 Å². The van der Waals surface area contributed by atoms with Crippen LogP contribution in [0.15, 0.2) is 36.4 Å². The minimum atomic E-state index is 0.246. The fourth-order valence-electron chi connectivity index (χ4n) is 2.86. The Balaban J connectivity index is 1.61. The molecule has 2 aromatic carbocycles. The van der Waals surface area contributed by atoms with Gasteiger partial charge in [0.2, 0.25) is 6.79 Å². The standard InChI is InChI=1S/C19H23NO3/c1-13-3-5-17(14(2)9-13)21-8-7-16(11-20)15-4-6-18-19(10-15)23-12-22-18/h3-6,9-10,16H,7-8,11-12,20H2,1-2H3. The Bertz CT molecular complexity index is 684. The van der Waals surface area contributed by atoms with Crippen molar-refractivity contribution in [3.05, 3.63) is 53.1 Å². The largest absolute Gasteiger partial charge is 0.493 e. The summed E-state index contributed by atoms with van der Waals surface area (Å²) in [5.74, 6) is 2.79. The van der Waals surface area contributed by atoms with Crippen molar-refractivity contribution in [2.75, 3.05) is 19.9 Å². The molecule has 0 aromatic heterocycles. The second-order valence-corrected chi connectivity index (χ2v) is 5.95. The molecule has 1 unspecified atom stereocenters. The lowest BCUT2D eigenvalue weighted by molar-refractivity contribution is 0.174. The molecule has 1 atom stereocenters. The summed E-state index contributed by atoms with van der Waals surface area (Å²) in [6.45, 7) is 5.67. The van der Waals surface area contributed by atoms with Gasteiger partial charge in [-0.2, -0.15) is 0 Å². The lowest BCUT2D eigenvalue weighted by Crippen LogP contribution is -2.15. The molecule has 2 N–H and O–H groups in total. The molecule has 1 heterocycles. The van der Waals surface area contributed by atoms with Crippen LogP contribution in [0.4, 0.5) is 0 Å². The molecule has 1 aliphatic rings. The van der Waals surface area contributed by atoms with Gasteiger partial charge in [-0.1, -0.05) is 23.8 Å². The van der Waals surface area contributed by atoms with Gasteiger partial charge < -0.3 is 19.9 Å². The van der Waals surface area contributed by atoms with Crippen LogP contribution in [0.5, 0.6) is 17.2 Å². The van der Waals surface area contributed by atoms with E-state index in [2.05, 4.69) is 32.0 Å². The Morgan fingerprint density at radius 2 is 1.91 bits per heavy atom. The molecule has 0 spiro atoms. The number of hydrogen-bond donors (Lipinski definition) is 1. The summed E-state index contributed by atoms with van der Waals surface area (Å²) in [5, 5.41) is 0. The van der Waals surface area contributed by atoms with Crippen molar-refractivity contribution in [1.29, 1.82) is 0 Å². The van der Waals surface area contributed by atoms with Crippen molar-refractivity contribution >= 4 is 0 Å². The Morgan fingerprint density at radius 1 is 1.09 bits per heavy atom. The number of fused-ring (bicyclic) bond motifs is 1. The molecule has 4 heteroatoms. The zero-order valence-corrected chi connectivity index (χ0v) is 13.7. The van der Waals surface area contributed by atoms with Crippen molar-refractivity contribution in [2.24, 2.45) is 5.73 Å². The lowest BCUT2D eigenvalue weighted by Gasteiger charge is -2.17. The maximum Gasteiger partial charge on any atom is 0.231 e. The number of hydrogen-bond acceptors (Lipinski definition) is 4. The van der Waals surface area contributed by atoms with Crippen molar-refractivity contribution in [1.82, 2.24) is 0 Å². The number of rotatable bonds is 6. The average molecular weight is 313 g/mol. The van der Waals surface area contributed by atoms with Gasteiger partial charge in [0.1, 0.15) is 5.75 Å². The quantitative estimate of drug-likeness (QED) is 0.886. The topological polar surface area (TPSA) is 53.7 Å². The first-order chi connectivity index (χ1) is 11.2. The van der Waals surface area contributed by atoms with E-state index in [1.165, 1.54) is 11.1 Å². The Morgan fingerprint density at radius 3 is 2.70 bits per heavy atom. The van der Waals surface area contributed by atoms with Gasteiger partial charge in [-0.15, -0.1) is 0 Å². The monoisotopic (exact) mass is 313 g/mol. The highest BCUT2D eigenvalue weighted by Crippen LogP contribution is 2.35. The zero-order chi connectivity index (χ0) is 16.2. The van der Waals surface area contributed by atoms with Crippen molar-refractivity contribution in [2.45, 2.75) is 26.2 Å². The lowest BCUT2D eigenvalue weighted by atomic mass is 9.96. The fraction of sp³-hybridized carbons (Fsp3) is 0.368. The van der Waals surface area contributed by atoms with Gasteiger partial charge in [-0.05, 0) is 62.1 Å². The van der Waals surface area contributed by atoms with Crippen LogP contribution in [0.3, 0.4) is 0 Å². The van der Waals surface area contributed by atoms with E-state index >= 15 is 0 Å². The molecule has 0 fully saturated rings. The third-order valence-electron chi connectivity index (χ3n) is 4.21. The van der Waals surface area contributed by atoms with Crippen LogP contribution in [-0.4, -0.2) is 19.9 Å². The first-order valence-corrected chi connectivity index (χ1v) is 7.97. The van der Waals surface area contributed by atoms with Crippen LogP contribution in [-0.2, 0) is 0 Å². The molecular weight excluding hydrogens is 290 g/mol. The molecule has 122 valence electrons. The second kappa shape index (κ2) is 6.92. The van der Waals surface area contributed by atoms with E-state index in [1.54, 1.807) is 0 Å². The molecule has 0 bridgehead atoms. The Kier molecular flexibility index (Phi) is 4.72. The summed E-state index contributed by atoms with van der Waals surface area (Å²) >= 11 is 0. The van der Waals surface area contributed by atoms with Crippen LogP contribution in [0.25, 0.3) is 0 Å². The van der Waals surface area contributed by atoms with E-state index in [-0.39, 0.29) is 5.92 Å². The number of aryl methyl sites for hydroxylation is 2. The molecule has 0 radical (unpaired) electrons. The highest BCUT2D eigenvalue weighted by Gasteiger charge is 2.17. The van der Waals surface area contributed by atoms with Gasteiger partial charge in [0.15, 0.2) is 11.5 Å². The molecule has 3 rings (SSSR count). The van der Waals surface area contributed by atoms with Gasteiger partial charge in [0, 0.05) is 0 Å². The molecule has 0 saturated carbocycles. The number of ether oxygens (including phenoxy) is 3. The third-order valence-corrected chi connectivity index (χ3v) is 4.21. The van der Waals surface area contributed by atoms with Crippen LogP contribution in [0, 0.1) is 13.8 Å². The van der Waals surface area contributed by atoms with E-state index in [4.69, 9.17) is 19.9 Å². The van der Waals surface area contributed by atoms with Gasteiger partial charge in [0.05, 0.1) is 6.61 Å². The van der Waals surface area contributed by atoms with Crippen LogP contribution in [0.2, 0.25) is 0 Å². The summed E-state index contributed by atoms with van der Waals surface area (Å²) in [7, 11) is 0. The van der Waals surface area contributed by atoms with E-state index < -0.39 is 0 Å². The minimum Gasteiger partial charge on any atom is -0.493 e. The fourth-order valence-corrected chi connectivity index (χ4v) is 2.86. The molecule has 4 nitrogen and oxygen atoms in total. The first kappa shape index (κ1) is 15.7. The number of benzene rings is 2. The van der Waals surface area contributed by atoms with Gasteiger partial charge in [0.25, 0.3) is 0 Å². The molecular formula is C19H23NO3. The maximum atomic E-state index is 5.95. The molecule has 2 aromatic rings. The van der Waals surface area contributed by atoms with Crippen LogP contribution >= 0.6 is 0 Å². The molecule has 0 aliphatic carbocycles. The molecule has 0 saturated heterocycles. The van der Waals surface area contributed by atoms with E-state index in [0.717, 1.165) is 29.2 Å². The van der Waals surface area contributed by atoms with Crippen molar-refractivity contribution in [3.8, 4) is 17.2 Å². The average Bonchev–Trinajstić information content (AvgIpc) is 3.01. The molecule has 0 amide bonds. The second-order valence-electron chi connectivity index (χ2n) is 5.95. The van der Waals surface area contributed by atoms with Crippen molar-refractivity contribution in [3.63, 3.8) is 0 Å². The summed E-state index contributed by atoms with van der Waals surface area (Å²) in [6.07, 6.45) is 0.865. The van der Waals surface area contributed by atoms with E-state index in [1.807, 2.05) is 18.2 Å². The highest BCUT2D eigenvalue weighted by atomic mass is 16.7. The highest BCUT2D eigenvalue weighted by molar-refractivity contribution is 5.45. The first-order valence-electron chi connectivity index (χ1n) is 7.97. The normalized spacial score (nSPS) is 13.9. The maximum absolute atomic E-state index is 5.95. The van der Waals surface area contributed by atoms with Gasteiger partial charge in [-0.3, -0.25) is 0 Å². The van der Waals surface area contributed by atoms with Gasteiger partial charge >= 0.3 is 0 Å². The zero-order valence-electron chi connectivity index (χ0n) is 13.7. The Hall–Kier alpha value is -2.20. The Labute approximate surface area is 137 Å². The third kappa shape index (κ3) is 3.59. The van der Waals surface area contributed by atoms with E-state index in [9.17, 15) is 0 Å². The van der Waals surface area contributed by atoms with Crippen LogP contribution in [0.1, 0.15) is 29.0 Å². The van der Waals surface area contributed by atoms with Gasteiger partial charge in [-0.25, -0.2) is 0 Å². The number of nitrogens with two attached hydrogens (primary N) is 1. The summed E-state index contributed by atoms with van der Waals surface area (Å²) in [6, 6.07) is 12.3. The molecule has 23 heavy (non-hydrogen) atoms. The SMILES string of the molecule is Cc1ccc(OCCC(CN)c2ccc3c(c2)OCO3)c(C)c1. The summed E-state index contributed by atoms with van der Waals surface area (Å²) in [4.78, 5) is 0. The van der Waals surface area contributed by atoms with Crippen molar-refractivity contribution < 1.29 is 14.2 Å². The predicted molar refractivity (Wildman–Crippen MR) is 90.4 cm³/mol. The predicted octanol–water partition coefficient (Wildman–Crippen LogP) is 3.54. The summed E-state index contributed by atoms with van der Waals surface area (Å²) < 4.78 is 16.7. The smallest absolute Gasteiger partial charge is 0.231 e. The minimum absolute atomic E-state index is 0.246. The molecule has 1 aliphatic heterocycles.